The van der Waals surface area contributed by atoms with Crippen LogP contribution in [-0.2, 0) is 6.54 Å². The van der Waals surface area contributed by atoms with Crippen LogP contribution in [0, 0.1) is 0 Å². The quantitative estimate of drug-likeness (QED) is 0.581. The van der Waals surface area contributed by atoms with Crippen LogP contribution in [0.3, 0.4) is 0 Å². The second-order valence-electron chi connectivity index (χ2n) is 4.95. The van der Waals surface area contributed by atoms with E-state index in [0.29, 0.717) is 24.3 Å². The largest absolute Gasteiger partial charge is 0.397 e. The summed E-state index contributed by atoms with van der Waals surface area (Å²) in [5, 5.41) is 15.5. The Balaban J connectivity index is 2.22. The summed E-state index contributed by atoms with van der Waals surface area (Å²) in [5.74, 6) is -0.0826. The highest BCUT2D eigenvalue weighted by molar-refractivity contribution is 6.00. The third-order valence-electron chi connectivity index (χ3n) is 2.67. The maximum Gasteiger partial charge on any atom is 0.251 e. The molecule has 5 nitrogen and oxygen atoms in total. The van der Waals surface area contributed by atoms with Crippen LogP contribution < -0.4 is 16.4 Å². The van der Waals surface area contributed by atoms with E-state index in [2.05, 4.69) is 10.6 Å². The van der Waals surface area contributed by atoms with Gasteiger partial charge in [0.1, 0.15) is 0 Å². The molecule has 0 unspecified atom stereocenters. The zero-order valence-electron chi connectivity index (χ0n) is 10.0. The molecule has 2 rings (SSSR count). The Labute approximate surface area is 100 Å². The number of aliphatic hydroxyl groups is 1. The first-order valence-corrected chi connectivity index (χ1v) is 5.54. The van der Waals surface area contributed by atoms with Crippen molar-refractivity contribution < 1.29 is 9.90 Å². The Kier molecular flexibility index (Phi) is 2.71. The van der Waals surface area contributed by atoms with Crippen LogP contribution in [0.15, 0.2) is 12.1 Å². The topological polar surface area (TPSA) is 87.4 Å². The van der Waals surface area contributed by atoms with Crippen molar-refractivity contribution in [1.82, 2.24) is 5.32 Å². The van der Waals surface area contributed by atoms with Crippen molar-refractivity contribution in [2.24, 2.45) is 0 Å². The van der Waals surface area contributed by atoms with Crippen molar-refractivity contribution in [1.29, 1.82) is 0 Å². The van der Waals surface area contributed by atoms with Crippen LogP contribution in [-0.4, -0.2) is 23.2 Å². The minimum atomic E-state index is -0.806. The van der Waals surface area contributed by atoms with Gasteiger partial charge in [0.2, 0.25) is 0 Å². The zero-order valence-corrected chi connectivity index (χ0v) is 10.0. The molecular weight excluding hydrogens is 218 g/mol. The van der Waals surface area contributed by atoms with Crippen molar-refractivity contribution in [3.05, 3.63) is 23.3 Å². The highest BCUT2D eigenvalue weighted by Crippen LogP contribution is 2.27. The number of nitrogens with one attached hydrogen (secondary N) is 2. The lowest BCUT2D eigenvalue weighted by atomic mass is 10.1. The van der Waals surface area contributed by atoms with Crippen LogP contribution in [0.25, 0.3) is 0 Å². The van der Waals surface area contributed by atoms with E-state index in [9.17, 15) is 9.90 Å². The second kappa shape index (κ2) is 3.92. The Morgan fingerprint density at radius 3 is 2.88 bits per heavy atom. The molecular formula is C12H17N3O2. The molecule has 0 atom stereocenters. The normalized spacial score (nSPS) is 14.4. The van der Waals surface area contributed by atoms with Gasteiger partial charge < -0.3 is 21.5 Å². The van der Waals surface area contributed by atoms with E-state index in [-0.39, 0.29) is 5.91 Å². The number of nitrogens with two attached hydrogens (primary N) is 1. The minimum absolute atomic E-state index is 0.0826. The Hall–Kier alpha value is -1.75. The summed E-state index contributed by atoms with van der Waals surface area (Å²) in [6.45, 7) is 4.37. The lowest BCUT2D eigenvalue weighted by Gasteiger charge is -2.19. The van der Waals surface area contributed by atoms with Gasteiger partial charge in [0, 0.05) is 18.7 Å². The Morgan fingerprint density at radius 2 is 2.24 bits per heavy atom. The highest BCUT2D eigenvalue weighted by atomic mass is 16.3. The fourth-order valence-electron chi connectivity index (χ4n) is 1.75. The number of carbonyl (C=O) groups excluding carboxylic acids is 1. The SMILES string of the molecule is CC(C)(O)CNc1cc2c(cc1N)C(=O)NC2. The molecule has 1 aromatic carbocycles. The second-order valence-corrected chi connectivity index (χ2v) is 4.95. The molecule has 0 radical (unpaired) electrons. The molecule has 0 aromatic heterocycles. The van der Waals surface area contributed by atoms with Crippen molar-refractivity contribution in [2.45, 2.75) is 26.0 Å². The summed E-state index contributed by atoms with van der Waals surface area (Å²) in [4.78, 5) is 11.4. The molecule has 1 aliphatic rings. The number of fused-ring (bicyclic) bond motifs is 1. The number of rotatable bonds is 3. The third kappa shape index (κ3) is 2.50. The van der Waals surface area contributed by atoms with E-state index < -0.39 is 5.60 Å². The predicted octanol–water partition coefficient (Wildman–Crippen LogP) is 0.695. The molecule has 1 aliphatic heterocycles. The number of nitrogen functional groups attached to an aromatic ring is 1. The molecule has 0 spiro atoms. The molecule has 0 bridgehead atoms. The molecule has 17 heavy (non-hydrogen) atoms. The number of hydrogen-bond donors (Lipinski definition) is 4. The van der Waals surface area contributed by atoms with Gasteiger partial charge in [0.15, 0.2) is 0 Å². The van der Waals surface area contributed by atoms with Crippen LogP contribution in [0.5, 0.6) is 0 Å². The first-order valence-electron chi connectivity index (χ1n) is 5.54. The molecule has 1 aromatic rings. The van der Waals surface area contributed by atoms with Gasteiger partial charge in [-0.1, -0.05) is 0 Å². The minimum Gasteiger partial charge on any atom is -0.397 e. The smallest absolute Gasteiger partial charge is 0.251 e. The van der Waals surface area contributed by atoms with E-state index in [1.165, 1.54) is 0 Å². The standard InChI is InChI=1S/C12H17N3O2/c1-12(2,17)6-15-10-3-7-5-14-11(16)8(7)4-9(10)13/h3-4,15,17H,5-6,13H2,1-2H3,(H,14,16). The third-order valence-corrected chi connectivity index (χ3v) is 2.67. The Morgan fingerprint density at radius 1 is 1.53 bits per heavy atom. The molecule has 5 N–H and O–H groups in total. The van der Waals surface area contributed by atoms with Gasteiger partial charge in [0.05, 0.1) is 17.0 Å². The number of carbonyl (C=O) groups is 1. The van der Waals surface area contributed by atoms with Gasteiger partial charge >= 0.3 is 0 Å². The summed E-state index contributed by atoms with van der Waals surface area (Å²) in [5.41, 5.74) is 7.89. The summed E-state index contributed by atoms with van der Waals surface area (Å²) >= 11 is 0. The molecule has 1 amide bonds. The maximum atomic E-state index is 11.4. The average Bonchev–Trinajstić information content (AvgIpc) is 2.56. The highest BCUT2D eigenvalue weighted by Gasteiger charge is 2.21. The molecule has 0 saturated carbocycles. The number of benzene rings is 1. The van der Waals surface area contributed by atoms with Crippen LogP contribution >= 0.6 is 0 Å². The monoisotopic (exact) mass is 235 g/mol. The maximum absolute atomic E-state index is 11.4. The van der Waals surface area contributed by atoms with Gasteiger partial charge in [-0.2, -0.15) is 0 Å². The van der Waals surface area contributed by atoms with Crippen LogP contribution in [0.4, 0.5) is 11.4 Å². The van der Waals surface area contributed by atoms with Crippen molar-refractivity contribution >= 4 is 17.3 Å². The first-order chi connectivity index (χ1) is 7.87. The summed E-state index contributed by atoms with van der Waals surface area (Å²) in [7, 11) is 0. The molecule has 92 valence electrons. The predicted molar refractivity (Wildman–Crippen MR) is 66.8 cm³/mol. The van der Waals surface area contributed by atoms with E-state index >= 15 is 0 Å². The van der Waals surface area contributed by atoms with Crippen LogP contribution in [0.1, 0.15) is 29.8 Å². The number of amides is 1. The Bertz CT molecular complexity index is 464. The van der Waals surface area contributed by atoms with E-state index in [1.807, 2.05) is 6.07 Å². The van der Waals surface area contributed by atoms with Crippen molar-refractivity contribution in [3.63, 3.8) is 0 Å². The van der Waals surface area contributed by atoms with Gasteiger partial charge in [-0.15, -0.1) is 0 Å². The molecule has 0 fully saturated rings. The van der Waals surface area contributed by atoms with Crippen molar-refractivity contribution in [2.75, 3.05) is 17.6 Å². The molecule has 5 heteroatoms. The average molecular weight is 235 g/mol. The number of anilines is 2. The van der Waals surface area contributed by atoms with Gasteiger partial charge in [-0.3, -0.25) is 4.79 Å². The van der Waals surface area contributed by atoms with Crippen LogP contribution in [0.2, 0.25) is 0 Å². The summed E-state index contributed by atoms with van der Waals surface area (Å²) < 4.78 is 0. The van der Waals surface area contributed by atoms with E-state index in [1.54, 1.807) is 19.9 Å². The fraction of sp³-hybridized carbons (Fsp3) is 0.417. The van der Waals surface area contributed by atoms with Gasteiger partial charge in [0.25, 0.3) is 5.91 Å². The lowest BCUT2D eigenvalue weighted by molar-refractivity contribution is 0.0942. The van der Waals surface area contributed by atoms with Gasteiger partial charge in [-0.05, 0) is 31.5 Å². The van der Waals surface area contributed by atoms with E-state index in [0.717, 1.165) is 11.3 Å². The summed E-state index contributed by atoms with van der Waals surface area (Å²) in [6, 6.07) is 3.53. The van der Waals surface area contributed by atoms with Crippen molar-refractivity contribution in [3.8, 4) is 0 Å². The first kappa shape index (κ1) is 11.7. The molecule has 0 aliphatic carbocycles. The molecule has 1 heterocycles. The van der Waals surface area contributed by atoms with E-state index in [4.69, 9.17) is 5.73 Å². The summed E-state index contributed by atoms with van der Waals surface area (Å²) in [6.07, 6.45) is 0. The number of hydrogen-bond acceptors (Lipinski definition) is 4. The van der Waals surface area contributed by atoms with Gasteiger partial charge in [-0.25, -0.2) is 0 Å². The zero-order chi connectivity index (χ0) is 12.6. The molecule has 0 saturated heterocycles. The lowest BCUT2D eigenvalue weighted by Crippen LogP contribution is -2.29. The fourth-order valence-corrected chi connectivity index (χ4v) is 1.75.